The molecule has 5 rings (SSSR count). The van der Waals surface area contributed by atoms with Crippen LogP contribution in [0.4, 0.5) is 5.69 Å². The lowest BCUT2D eigenvalue weighted by atomic mass is 9.99. The second-order valence-electron chi connectivity index (χ2n) is 8.91. The number of aryl methyl sites for hydroxylation is 1. The number of hydrogen-bond donors (Lipinski definition) is 1. The van der Waals surface area contributed by atoms with Crippen LogP contribution in [0.5, 0.6) is 0 Å². The summed E-state index contributed by atoms with van der Waals surface area (Å²) < 4.78 is 3.51. The maximum atomic E-state index is 13.2. The standard InChI is InChI=1S/C25H26ClN5O2S/c1-16-7-9-29(10-8-16)20-11-19(25(32)28-12-18-4-3-17(2)31(33)14-18)15-30-21(13-27-24(20)30)22-5-6-23(26)34-22/h3-6,11,13-16H,7-10,12H2,1-2H3,(H,28,32). The lowest BCUT2D eigenvalue weighted by Gasteiger charge is -2.32. The van der Waals surface area contributed by atoms with Gasteiger partial charge in [-0.05, 0) is 43.0 Å². The molecule has 0 atom stereocenters. The van der Waals surface area contributed by atoms with E-state index in [1.54, 1.807) is 13.0 Å². The third-order valence-corrected chi connectivity index (χ3v) is 7.67. The molecule has 1 N–H and O–H groups in total. The molecule has 1 amide bonds. The number of rotatable bonds is 5. The zero-order valence-corrected chi connectivity index (χ0v) is 20.7. The Hall–Kier alpha value is -3.10. The van der Waals surface area contributed by atoms with Crippen LogP contribution in [0.25, 0.3) is 16.2 Å². The zero-order valence-electron chi connectivity index (χ0n) is 19.1. The average Bonchev–Trinajstić information content (AvgIpc) is 3.45. The highest BCUT2D eigenvalue weighted by molar-refractivity contribution is 7.19. The Bertz CT molecular complexity index is 1360. The van der Waals surface area contributed by atoms with E-state index < -0.39 is 0 Å². The number of hydrogen-bond acceptors (Lipinski definition) is 5. The van der Waals surface area contributed by atoms with Crippen molar-refractivity contribution < 1.29 is 9.52 Å². The van der Waals surface area contributed by atoms with Crippen LogP contribution in [-0.2, 0) is 6.54 Å². The number of imidazole rings is 1. The van der Waals surface area contributed by atoms with E-state index in [0.29, 0.717) is 21.5 Å². The molecule has 0 saturated carbocycles. The summed E-state index contributed by atoms with van der Waals surface area (Å²) in [6.07, 6.45) is 7.39. The van der Waals surface area contributed by atoms with Gasteiger partial charge in [0.1, 0.15) is 0 Å². The molecule has 1 aliphatic heterocycles. The molecular weight excluding hydrogens is 470 g/mol. The van der Waals surface area contributed by atoms with Crippen molar-refractivity contribution in [1.29, 1.82) is 0 Å². The van der Waals surface area contributed by atoms with Crippen LogP contribution in [0.2, 0.25) is 4.34 Å². The summed E-state index contributed by atoms with van der Waals surface area (Å²) in [5, 5.41) is 14.8. The molecule has 0 spiro atoms. The van der Waals surface area contributed by atoms with Gasteiger partial charge in [-0.2, -0.15) is 4.73 Å². The maximum Gasteiger partial charge on any atom is 0.253 e. The van der Waals surface area contributed by atoms with Crippen molar-refractivity contribution in [2.75, 3.05) is 18.0 Å². The Morgan fingerprint density at radius 1 is 1.29 bits per heavy atom. The number of fused-ring (bicyclic) bond motifs is 1. The van der Waals surface area contributed by atoms with E-state index in [-0.39, 0.29) is 12.5 Å². The predicted octanol–water partition coefficient (Wildman–Crippen LogP) is 4.82. The van der Waals surface area contributed by atoms with Gasteiger partial charge >= 0.3 is 0 Å². The Balaban J connectivity index is 1.51. The Morgan fingerprint density at radius 2 is 2.09 bits per heavy atom. The van der Waals surface area contributed by atoms with Crippen LogP contribution >= 0.6 is 22.9 Å². The molecule has 0 aliphatic carbocycles. The molecular formula is C25H26ClN5O2S. The van der Waals surface area contributed by atoms with Gasteiger partial charge in [0.25, 0.3) is 5.91 Å². The Kier molecular flexibility index (Phi) is 6.18. The number of anilines is 1. The SMILES string of the molecule is Cc1ccc(CNC(=O)c2cc(N3CCC(C)CC3)c3ncc(-c4ccc(Cl)s4)n3c2)c[n+]1[O-]. The van der Waals surface area contributed by atoms with E-state index in [4.69, 9.17) is 16.6 Å². The average molecular weight is 496 g/mol. The van der Waals surface area contributed by atoms with Gasteiger partial charge in [0.05, 0.1) is 32.4 Å². The van der Waals surface area contributed by atoms with Crippen LogP contribution in [-0.4, -0.2) is 28.4 Å². The van der Waals surface area contributed by atoms with Gasteiger partial charge < -0.3 is 15.4 Å². The van der Waals surface area contributed by atoms with Gasteiger partial charge in [0.15, 0.2) is 17.5 Å². The quantitative estimate of drug-likeness (QED) is 0.318. The number of carbonyl (C=O) groups is 1. The minimum absolute atomic E-state index is 0.199. The molecule has 9 heteroatoms. The highest BCUT2D eigenvalue weighted by Crippen LogP contribution is 2.34. The van der Waals surface area contributed by atoms with Crippen LogP contribution < -0.4 is 14.9 Å². The summed E-state index contributed by atoms with van der Waals surface area (Å²) in [6.45, 7) is 6.16. The molecule has 7 nitrogen and oxygen atoms in total. The summed E-state index contributed by atoms with van der Waals surface area (Å²) in [5.74, 6) is 0.496. The van der Waals surface area contributed by atoms with Crippen LogP contribution in [0, 0.1) is 18.0 Å². The minimum Gasteiger partial charge on any atom is -0.619 e. The molecule has 0 aromatic carbocycles. The summed E-state index contributed by atoms with van der Waals surface area (Å²) in [4.78, 5) is 21.3. The first-order valence-corrected chi connectivity index (χ1v) is 12.6. The number of halogens is 1. The monoisotopic (exact) mass is 495 g/mol. The maximum absolute atomic E-state index is 13.2. The fourth-order valence-electron chi connectivity index (χ4n) is 4.30. The van der Waals surface area contributed by atoms with E-state index in [9.17, 15) is 10.0 Å². The summed E-state index contributed by atoms with van der Waals surface area (Å²) in [5.41, 5.74) is 4.60. The fourth-order valence-corrected chi connectivity index (χ4v) is 5.35. The molecule has 0 unspecified atom stereocenters. The summed E-state index contributed by atoms with van der Waals surface area (Å²) in [7, 11) is 0. The third-order valence-electron chi connectivity index (χ3n) is 6.42. The first-order valence-electron chi connectivity index (χ1n) is 11.4. The van der Waals surface area contributed by atoms with Crippen LogP contribution in [0.3, 0.4) is 0 Å². The van der Waals surface area contributed by atoms with Gasteiger partial charge in [-0.3, -0.25) is 9.20 Å². The molecule has 4 aromatic rings. The lowest BCUT2D eigenvalue weighted by molar-refractivity contribution is -0.612. The molecule has 1 aliphatic rings. The van der Waals surface area contributed by atoms with Crippen molar-refractivity contribution in [3.63, 3.8) is 0 Å². The molecule has 176 valence electrons. The molecule has 1 saturated heterocycles. The van der Waals surface area contributed by atoms with Crippen LogP contribution in [0.1, 0.15) is 41.4 Å². The number of piperidine rings is 1. The van der Waals surface area contributed by atoms with Gasteiger partial charge in [0, 0.05) is 44.4 Å². The lowest BCUT2D eigenvalue weighted by Crippen LogP contribution is -2.34. The summed E-state index contributed by atoms with van der Waals surface area (Å²) in [6, 6.07) is 9.37. The second kappa shape index (κ2) is 9.27. The first-order chi connectivity index (χ1) is 16.4. The highest BCUT2D eigenvalue weighted by atomic mass is 35.5. The number of pyridine rings is 2. The smallest absolute Gasteiger partial charge is 0.253 e. The molecule has 0 radical (unpaired) electrons. The third kappa shape index (κ3) is 4.48. The predicted molar refractivity (Wildman–Crippen MR) is 135 cm³/mol. The summed E-state index contributed by atoms with van der Waals surface area (Å²) >= 11 is 7.67. The van der Waals surface area contributed by atoms with Crippen molar-refractivity contribution in [2.45, 2.75) is 33.2 Å². The molecule has 1 fully saturated rings. The number of nitrogens with zero attached hydrogens (tertiary/aromatic N) is 4. The number of carbonyl (C=O) groups excluding carboxylic acids is 1. The van der Waals surface area contributed by atoms with E-state index in [1.165, 1.54) is 17.5 Å². The molecule has 34 heavy (non-hydrogen) atoms. The van der Waals surface area contributed by atoms with E-state index in [0.717, 1.165) is 58.1 Å². The number of amides is 1. The second-order valence-corrected chi connectivity index (χ2v) is 10.6. The van der Waals surface area contributed by atoms with Crippen LogP contribution in [0.15, 0.2) is 48.9 Å². The van der Waals surface area contributed by atoms with Crippen molar-refractivity contribution >= 4 is 40.2 Å². The topological polar surface area (TPSA) is 76.6 Å². The zero-order chi connectivity index (χ0) is 23.8. The Morgan fingerprint density at radius 3 is 2.79 bits per heavy atom. The normalized spacial score (nSPS) is 14.6. The van der Waals surface area contributed by atoms with Gasteiger partial charge in [-0.1, -0.05) is 18.5 Å². The highest BCUT2D eigenvalue weighted by Gasteiger charge is 2.22. The van der Waals surface area contributed by atoms with E-state index in [1.807, 2.05) is 41.1 Å². The number of thiophene rings is 1. The molecule has 0 bridgehead atoms. The number of aromatic nitrogens is 3. The van der Waals surface area contributed by atoms with Crippen molar-refractivity contribution in [3.8, 4) is 10.6 Å². The minimum atomic E-state index is -0.199. The fraction of sp³-hybridized carbons (Fsp3) is 0.320. The van der Waals surface area contributed by atoms with Crippen molar-refractivity contribution in [3.05, 3.63) is 75.3 Å². The molecule has 5 heterocycles. The van der Waals surface area contributed by atoms with Gasteiger partial charge in [-0.15, -0.1) is 11.3 Å². The largest absolute Gasteiger partial charge is 0.619 e. The van der Waals surface area contributed by atoms with Gasteiger partial charge in [0.2, 0.25) is 0 Å². The van der Waals surface area contributed by atoms with Crippen molar-refractivity contribution in [1.82, 2.24) is 14.7 Å². The Labute approximate surface area is 207 Å². The van der Waals surface area contributed by atoms with Gasteiger partial charge in [-0.25, -0.2) is 4.98 Å². The van der Waals surface area contributed by atoms with E-state index in [2.05, 4.69) is 17.1 Å². The van der Waals surface area contributed by atoms with Crippen molar-refractivity contribution in [2.24, 2.45) is 5.92 Å². The van der Waals surface area contributed by atoms with E-state index >= 15 is 0 Å². The first kappa shape index (κ1) is 22.7. The molecule has 4 aromatic heterocycles. The number of nitrogens with one attached hydrogen (secondary N) is 1.